The van der Waals surface area contributed by atoms with Crippen LogP contribution in [0.3, 0.4) is 0 Å². The van der Waals surface area contributed by atoms with Crippen molar-refractivity contribution < 1.29 is 4.79 Å². The predicted molar refractivity (Wildman–Crippen MR) is 98.7 cm³/mol. The van der Waals surface area contributed by atoms with Crippen molar-refractivity contribution >= 4 is 23.5 Å². The van der Waals surface area contributed by atoms with Crippen LogP contribution in [0.25, 0.3) is 0 Å². The lowest BCUT2D eigenvalue weighted by atomic mass is 9.84. The molecular weight excluding hydrogens is 298 g/mol. The van der Waals surface area contributed by atoms with Crippen LogP contribution in [-0.2, 0) is 11.2 Å². The summed E-state index contributed by atoms with van der Waals surface area (Å²) in [6.45, 7) is 0. The van der Waals surface area contributed by atoms with Gasteiger partial charge in [0.15, 0.2) is 0 Å². The Balaban J connectivity index is 1.85. The third-order valence-electron chi connectivity index (χ3n) is 4.70. The molecule has 1 aliphatic carbocycles. The molecule has 4 nitrogen and oxygen atoms in total. The van der Waals surface area contributed by atoms with Gasteiger partial charge in [-0.3, -0.25) is 4.79 Å². The molecule has 1 aliphatic rings. The smallest absolute Gasteiger partial charge is 0.231 e. The fraction of sp³-hybridized carbons (Fsp3) is 0.300. The quantitative estimate of drug-likeness (QED) is 0.587. The molecule has 3 rings (SSSR count). The van der Waals surface area contributed by atoms with E-state index in [1.165, 1.54) is 18.2 Å². The van der Waals surface area contributed by atoms with Crippen molar-refractivity contribution in [2.45, 2.75) is 38.0 Å². The molecule has 1 atom stereocenters. The summed E-state index contributed by atoms with van der Waals surface area (Å²) in [5, 5.41) is 10.4. The molecule has 2 aromatic rings. The van der Waals surface area contributed by atoms with Crippen molar-refractivity contribution in [3.8, 4) is 0 Å². The molecule has 0 heterocycles. The number of rotatable bonds is 3. The zero-order valence-electron chi connectivity index (χ0n) is 13.7. The van der Waals surface area contributed by atoms with Crippen LogP contribution >= 0.6 is 0 Å². The van der Waals surface area contributed by atoms with E-state index in [-0.39, 0.29) is 11.8 Å². The summed E-state index contributed by atoms with van der Waals surface area (Å²) in [5.41, 5.74) is 10.1. The highest BCUT2D eigenvalue weighted by Crippen LogP contribution is 2.31. The predicted octanol–water partition coefficient (Wildman–Crippen LogP) is 4.11. The number of nitrogens with two attached hydrogens (primary N) is 1. The van der Waals surface area contributed by atoms with Gasteiger partial charge in [0.2, 0.25) is 5.91 Å². The summed E-state index contributed by atoms with van der Waals surface area (Å²) in [6.07, 6.45) is 6.54. The molecule has 0 spiro atoms. The minimum Gasteiger partial charge on any atom is -0.398 e. The number of anilines is 2. The van der Waals surface area contributed by atoms with Gasteiger partial charge in [-0.25, -0.2) is 0 Å². The molecular formula is C20H23N3O. The van der Waals surface area contributed by atoms with E-state index in [9.17, 15) is 4.79 Å². The third-order valence-corrected chi connectivity index (χ3v) is 4.70. The van der Waals surface area contributed by atoms with Gasteiger partial charge in [0, 0.05) is 23.2 Å². The monoisotopic (exact) mass is 321 g/mol. The van der Waals surface area contributed by atoms with E-state index in [2.05, 4.69) is 17.4 Å². The first kappa shape index (κ1) is 16.2. The van der Waals surface area contributed by atoms with Crippen LogP contribution in [0.1, 0.15) is 48.3 Å². The van der Waals surface area contributed by atoms with E-state index < -0.39 is 0 Å². The highest BCUT2D eigenvalue weighted by molar-refractivity contribution is 5.97. The van der Waals surface area contributed by atoms with Crippen LogP contribution in [0.15, 0.2) is 42.5 Å². The van der Waals surface area contributed by atoms with Gasteiger partial charge in [-0.05, 0) is 48.6 Å². The molecule has 0 saturated heterocycles. The highest BCUT2D eigenvalue weighted by Gasteiger charge is 2.24. The topological polar surface area (TPSA) is 79.0 Å². The zero-order chi connectivity index (χ0) is 16.9. The van der Waals surface area contributed by atoms with Gasteiger partial charge in [-0.2, -0.15) is 0 Å². The number of amides is 1. The first-order valence-corrected chi connectivity index (χ1v) is 8.47. The number of hydrogen-bond donors (Lipinski definition) is 3. The molecule has 0 aromatic heterocycles. The maximum atomic E-state index is 12.9. The van der Waals surface area contributed by atoms with E-state index >= 15 is 0 Å². The van der Waals surface area contributed by atoms with Crippen LogP contribution in [0.4, 0.5) is 11.4 Å². The van der Waals surface area contributed by atoms with E-state index in [0.29, 0.717) is 16.9 Å². The third kappa shape index (κ3) is 3.48. The standard InChI is InChI=1S/C20H23N3O/c21-13-15-12-16(10-11-19(15)22)23-20(24)18-9-3-1-2-6-14-7-4-5-8-17(14)18/h4-5,7-8,10-13,18,21H,1-3,6,9,22H2,(H,23,24). The van der Waals surface area contributed by atoms with Gasteiger partial charge < -0.3 is 16.5 Å². The molecule has 1 amide bonds. The van der Waals surface area contributed by atoms with Crippen LogP contribution in [0.5, 0.6) is 0 Å². The Bertz CT molecular complexity index is 754. The maximum Gasteiger partial charge on any atom is 0.231 e. The maximum absolute atomic E-state index is 12.9. The largest absolute Gasteiger partial charge is 0.398 e. The van der Waals surface area contributed by atoms with E-state index in [4.69, 9.17) is 11.1 Å². The first-order chi connectivity index (χ1) is 11.7. The van der Waals surface area contributed by atoms with Crippen molar-refractivity contribution in [2.24, 2.45) is 0 Å². The fourth-order valence-corrected chi connectivity index (χ4v) is 3.38. The Morgan fingerprint density at radius 1 is 1.17 bits per heavy atom. The average molecular weight is 321 g/mol. The average Bonchev–Trinajstić information content (AvgIpc) is 2.57. The number of carbonyl (C=O) groups excluding carboxylic acids is 1. The number of aryl methyl sites for hydroxylation is 1. The second-order valence-corrected chi connectivity index (χ2v) is 6.33. The van der Waals surface area contributed by atoms with Gasteiger partial charge >= 0.3 is 0 Å². The number of hydrogen-bond acceptors (Lipinski definition) is 3. The molecule has 0 aliphatic heterocycles. The van der Waals surface area contributed by atoms with Gasteiger partial charge in [-0.15, -0.1) is 0 Å². The summed E-state index contributed by atoms with van der Waals surface area (Å²) >= 11 is 0. The van der Waals surface area contributed by atoms with Crippen molar-refractivity contribution in [1.29, 1.82) is 5.41 Å². The molecule has 4 heteroatoms. The lowest BCUT2D eigenvalue weighted by Crippen LogP contribution is -2.23. The zero-order valence-corrected chi connectivity index (χ0v) is 13.7. The van der Waals surface area contributed by atoms with Gasteiger partial charge in [0.1, 0.15) is 0 Å². The van der Waals surface area contributed by atoms with E-state index in [1.807, 2.05) is 12.1 Å². The molecule has 0 bridgehead atoms. The second-order valence-electron chi connectivity index (χ2n) is 6.33. The lowest BCUT2D eigenvalue weighted by molar-refractivity contribution is -0.117. The minimum absolute atomic E-state index is 0.0186. The normalized spacial score (nSPS) is 17.2. The highest BCUT2D eigenvalue weighted by atomic mass is 16.1. The molecule has 24 heavy (non-hydrogen) atoms. The molecule has 4 N–H and O–H groups in total. The van der Waals surface area contributed by atoms with Crippen molar-refractivity contribution in [3.05, 3.63) is 59.2 Å². The van der Waals surface area contributed by atoms with E-state index in [1.54, 1.807) is 18.2 Å². The number of fused-ring (bicyclic) bond motifs is 1. The molecule has 0 fully saturated rings. The van der Waals surface area contributed by atoms with Crippen LogP contribution < -0.4 is 11.1 Å². The summed E-state index contributed by atoms with van der Waals surface area (Å²) in [4.78, 5) is 12.9. The van der Waals surface area contributed by atoms with Crippen LogP contribution in [0.2, 0.25) is 0 Å². The number of benzene rings is 2. The molecule has 2 aromatic carbocycles. The summed E-state index contributed by atoms with van der Waals surface area (Å²) in [6, 6.07) is 13.5. The molecule has 124 valence electrons. The summed E-state index contributed by atoms with van der Waals surface area (Å²) < 4.78 is 0. The van der Waals surface area contributed by atoms with Crippen LogP contribution in [0, 0.1) is 5.41 Å². The van der Waals surface area contributed by atoms with Crippen LogP contribution in [-0.4, -0.2) is 12.1 Å². The summed E-state index contributed by atoms with van der Waals surface area (Å²) in [7, 11) is 0. The number of nitrogens with one attached hydrogen (secondary N) is 2. The fourth-order valence-electron chi connectivity index (χ4n) is 3.38. The Hall–Kier alpha value is -2.62. The Labute approximate surface area is 142 Å². The second kappa shape index (κ2) is 7.30. The van der Waals surface area contributed by atoms with Gasteiger partial charge in [0.05, 0.1) is 5.92 Å². The molecule has 1 unspecified atom stereocenters. The van der Waals surface area contributed by atoms with Gasteiger partial charge in [-0.1, -0.05) is 37.1 Å². The Morgan fingerprint density at radius 3 is 2.83 bits per heavy atom. The summed E-state index contributed by atoms with van der Waals surface area (Å²) in [5.74, 6) is -0.104. The molecule has 0 radical (unpaired) electrons. The first-order valence-electron chi connectivity index (χ1n) is 8.47. The Morgan fingerprint density at radius 2 is 2.00 bits per heavy atom. The van der Waals surface area contributed by atoms with Crippen molar-refractivity contribution in [2.75, 3.05) is 11.1 Å². The minimum atomic E-state index is -0.123. The van der Waals surface area contributed by atoms with E-state index in [0.717, 1.165) is 31.2 Å². The number of carbonyl (C=O) groups is 1. The van der Waals surface area contributed by atoms with Crippen molar-refractivity contribution in [3.63, 3.8) is 0 Å². The molecule has 0 saturated carbocycles. The Kier molecular flexibility index (Phi) is 4.94. The lowest BCUT2D eigenvalue weighted by Gasteiger charge is -2.22. The SMILES string of the molecule is N=Cc1cc(NC(=O)C2CCCCCc3ccccc32)ccc1N. The number of nitrogen functional groups attached to an aromatic ring is 1. The van der Waals surface area contributed by atoms with Crippen molar-refractivity contribution in [1.82, 2.24) is 0 Å². The van der Waals surface area contributed by atoms with Gasteiger partial charge in [0.25, 0.3) is 0 Å².